The van der Waals surface area contributed by atoms with Crippen molar-refractivity contribution in [2.75, 3.05) is 12.8 Å². The number of hydrazone groups is 1. The maximum Gasteiger partial charge on any atom is 0.294 e. The van der Waals surface area contributed by atoms with Crippen LogP contribution in [0.25, 0.3) is 17.1 Å². The minimum atomic E-state index is -0.561. The first-order valence-corrected chi connectivity index (χ1v) is 8.74. The molecule has 0 spiro atoms. The number of aromatic nitrogens is 5. The molecular formula is C19H16N8O3. The third kappa shape index (κ3) is 3.71. The van der Waals surface area contributed by atoms with Crippen LogP contribution in [0.2, 0.25) is 0 Å². The highest BCUT2D eigenvalue weighted by atomic mass is 16.6. The van der Waals surface area contributed by atoms with E-state index in [1.165, 1.54) is 10.9 Å². The summed E-state index contributed by atoms with van der Waals surface area (Å²) in [5.74, 6) is 0.257. The summed E-state index contributed by atoms with van der Waals surface area (Å²) < 4.78 is 11.1. The standard InChI is InChI=1S/C19H16N8O3/c1-29-14-9-5-6-12(10-14)11-21-23-19(28)15-16(13-7-3-2-4-8-13)27(26-22-15)18-17(20)24-30-25-18/h2-11H,1H3,(H2,20,24)(H,23,28). The SMILES string of the molecule is COc1cccc(C=NNC(=O)c2nnn(-c3nonc3N)c2-c2ccccc2)c1. The van der Waals surface area contributed by atoms with Crippen molar-refractivity contribution in [1.82, 2.24) is 30.7 Å². The molecule has 0 bridgehead atoms. The fourth-order valence-corrected chi connectivity index (χ4v) is 2.72. The van der Waals surface area contributed by atoms with Crippen molar-refractivity contribution in [3.63, 3.8) is 0 Å². The fraction of sp³-hybridized carbons (Fsp3) is 0.0526. The molecule has 3 N–H and O–H groups in total. The van der Waals surface area contributed by atoms with Gasteiger partial charge in [-0.15, -0.1) is 5.10 Å². The Labute approximate surface area is 170 Å². The van der Waals surface area contributed by atoms with Crippen molar-refractivity contribution in [3.8, 4) is 22.8 Å². The molecule has 0 aliphatic heterocycles. The van der Waals surface area contributed by atoms with Gasteiger partial charge in [0.1, 0.15) is 11.4 Å². The normalized spacial score (nSPS) is 11.0. The minimum Gasteiger partial charge on any atom is -0.497 e. The van der Waals surface area contributed by atoms with Crippen LogP contribution >= 0.6 is 0 Å². The van der Waals surface area contributed by atoms with Crippen LogP contribution < -0.4 is 15.9 Å². The van der Waals surface area contributed by atoms with Gasteiger partial charge in [-0.2, -0.15) is 9.78 Å². The molecule has 2 aromatic heterocycles. The Morgan fingerprint density at radius 1 is 1.20 bits per heavy atom. The average Bonchev–Trinajstić information content (AvgIpc) is 3.40. The Hall–Kier alpha value is -4.54. The lowest BCUT2D eigenvalue weighted by Crippen LogP contribution is -2.19. The largest absolute Gasteiger partial charge is 0.497 e. The second-order valence-corrected chi connectivity index (χ2v) is 6.01. The Morgan fingerprint density at radius 3 is 2.77 bits per heavy atom. The smallest absolute Gasteiger partial charge is 0.294 e. The summed E-state index contributed by atoms with van der Waals surface area (Å²) in [6.45, 7) is 0. The number of anilines is 1. The third-order valence-electron chi connectivity index (χ3n) is 4.10. The molecule has 0 saturated heterocycles. The summed E-state index contributed by atoms with van der Waals surface area (Å²) in [5, 5.41) is 19.3. The molecule has 0 saturated carbocycles. The molecule has 4 rings (SSSR count). The van der Waals surface area contributed by atoms with E-state index in [9.17, 15) is 4.79 Å². The van der Waals surface area contributed by atoms with Gasteiger partial charge in [0.2, 0.25) is 11.6 Å². The first-order valence-electron chi connectivity index (χ1n) is 8.74. The Kier molecular flexibility index (Phi) is 5.16. The summed E-state index contributed by atoms with van der Waals surface area (Å²) in [4.78, 5) is 12.8. The van der Waals surface area contributed by atoms with Gasteiger partial charge in [-0.3, -0.25) is 4.79 Å². The van der Waals surface area contributed by atoms with Gasteiger partial charge in [0, 0.05) is 5.56 Å². The molecule has 0 fully saturated rings. The van der Waals surface area contributed by atoms with Gasteiger partial charge in [-0.1, -0.05) is 47.7 Å². The first kappa shape index (κ1) is 18.8. The minimum absolute atomic E-state index is 0.0140. The molecule has 0 atom stereocenters. The van der Waals surface area contributed by atoms with Crippen LogP contribution in [-0.2, 0) is 0 Å². The predicted octanol–water partition coefficient (Wildman–Crippen LogP) is 1.67. The number of hydrogen-bond donors (Lipinski definition) is 2. The molecule has 0 unspecified atom stereocenters. The average molecular weight is 404 g/mol. The van der Waals surface area contributed by atoms with Crippen LogP contribution in [0, 0.1) is 0 Å². The van der Waals surface area contributed by atoms with Gasteiger partial charge in [-0.25, -0.2) is 10.1 Å². The van der Waals surface area contributed by atoms with Crippen molar-refractivity contribution in [3.05, 3.63) is 65.9 Å². The van der Waals surface area contributed by atoms with Crippen molar-refractivity contribution in [2.24, 2.45) is 5.10 Å². The van der Waals surface area contributed by atoms with E-state index in [0.717, 1.165) is 5.56 Å². The number of hydrogen-bond acceptors (Lipinski definition) is 9. The van der Waals surface area contributed by atoms with Crippen LogP contribution in [0.5, 0.6) is 5.75 Å². The Morgan fingerprint density at radius 2 is 2.03 bits per heavy atom. The van der Waals surface area contributed by atoms with Gasteiger partial charge < -0.3 is 10.5 Å². The highest BCUT2D eigenvalue weighted by molar-refractivity contribution is 5.98. The summed E-state index contributed by atoms with van der Waals surface area (Å²) >= 11 is 0. The topological polar surface area (TPSA) is 146 Å². The molecule has 4 aromatic rings. The Bertz CT molecular complexity index is 1200. The highest BCUT2D eigenvalue weighted by Gasteiger charge is 2.24. The number of nitrogens with one attached hydrogen (secondary N) is 1. The van der Waals surface area contributed by atoms with Gasteiger partial charge in [0.25, 0.3) is 5.91 Å². The first-order chi connectivity index (χ1) is 14.7. The molecule has 0 radical (unpaired) electrons. The molecule has 30 heavy (non-hydrogen) atoms. The fourth-order valence-electron chi connectivity index (χ4n) is 2.72. The molecule has 2 heterocycles. The molecule has 0 aliphatic rings. The lowest BCUT2D eigenvalue weighted by molar-refractivity contribution is 0.0950. The number of rotatable bonds is 6. The van der Waals surface area contributed by atoms with E-state index in [1.54, 1.807) is 25.3 Å². The van der Waals surface area contributed by atoms with Gasteiger partial charge in [0.15, 0.2) is 5.69 Å². The molecule has 11 nitrogen and oxygen atoms in total. The van der Waals surface area contributed by atoms with Crippen LogP contribution in [-0.4, -0.2) is 44.5 Å². The quantitative estimate of drug-likeness (QED) is 0.364. The van der Waals surface area contributed by atoms with Crippen LogP contribution in [0.4, 0.5) is 5.82 Å². The summed E-state index contributed by atoms with van der Waals surface area (Å²) in [6, 6.07) is 16.3. The number of benzene rings is 2. The van der Waals surface area contributed by atoms with Gasteiger partial charge >= 0.3 is 0 Å². The second kappa shape index (κ2) is 8.22. The van der Waals surface area contributed by atoms with E-state index in [-0.39, 0.29) is 17.3 Å². The molecule has 1 amide bonds. The zero-order chi connectivity index (χ0) is 20.9. The molecule has 11 heteroatoms. The van der Waals surface area contributed by atoms with Crippen molar-refractivity contribution >= 4 is 17.9 Å². The van der Waals surface area contributed by atoms with Crippen molar-refractivity contribution in [2.45, 2.75) is 0 Å². The number of nitrogens with zero attached hydrogens (tertiary/aromatic N) is 6. The Balaban J connectivity index is 1.65. The van der Waals surface area contributed by atoms with Crippen molar-refractivity contribution < 1.29 is 14.2 Å². The molecule has 150 valence electrons. The van der Waals surface area contributed by atoms with Crippen LogP contribution in [0.3, 0.4) is 0 Å². The molecule has 2 aromatic carbocycles. The molecule has 0 aliphatic carbocycles. The number of methoxy groups -OCH3 is 1. The van der Waals surface area contributed by atoms with Gasteiger partial charge in [-0.05, 0) is 28.0 Å². The number of ether oxygens (including phenoxy) is 1. The number of carbonyl (C=O) groups excluding carboxylic acids is 1. The van der Waals surface area contributed by atoms with Crippen LogP contribution in [0.15, 0.2) is 64.3 Å². The summed E-state index contributed by atoms with van der Waals surface area (Å²) in [5.41, 5.74) is 10.1. The lowest BCUT2D eigenvalue weighted by atomic mass is 10.1. The third-order valence-corrected chi connectivity index (χ3v) is 4.10. The zero-order valence-corrected chi connectivity index (χ0v) is 15.8. The van der Waals surface area contributed by atoms with Gasteiger partial charge in [0.05, 0.1) is 13.3 Å². The van der Waals surface area contributed by atoms with E-state index in [0.29, 0.717) is 17.0 Å². The zero-order valence-electron chi connectivity index (χ0n) is 15.8. The predicted molar refractivity (Wildman–Crippen MR) is 107 cm³/mol. The van der Waals surface area contributed by atoms with E-state index in [4.69, 9.17) is 10.5 Å². The summed E-state index contributed by atoms with van der Waals surface area (Å²) in [6.07, 6.45) is 1.49. The van der Waals surface area contributed by atoms with E-state index >= 15 is 0 Å². The number of nitrogens with two attached hydrogens (primary N) is 1. The van der Waals surface area contributed by atoms with E-state index in [1.807, 2.05) is 36.4 Å². The second-order valence-electron chi connectivity index (χ2n) is 6.01. The van der Waals surface area contributed by atoms with Crippen LogP contribution in [0.1, 0.15) is 16.1 Å². The molecular weight excluding hydrogens is 388 g/mol. The number of amides is 1. The maximum atomic E-state index is 12.8. The van der Waals surface area contributed by atoms with E-state index < -0.39 is 5.91 Å². The maximum absolute atomic E-state index is 12.8. The van der Waals surface area contributed by atoms with Crippen molar-refractivity contribution in [1.29, 1.82) is 0 Å². The highest BCUT2D eigenvalue weighted by Crippen LogP contribution is 2.26. The monoisotopic (exact) mass is 404 g/mol. The van der Waals surface area contributed by atoms with E-state index in [2.05, 4.69) is 35.8 Å². The summed E-state index contributed by atoms with van der Waals surface area (Å²) in [7, 11) is 1.57. The number of nitrogen functional groups attached to an aromatic ring is 1. The lowest BCUT2D eigenvalue weighted by Gasteiger charge is -2.05. The number of carbonyl (C=O) groups is 1.